The standard InChI is InChI=1S/C12H9Cl2N3S/c13-9-3-1-7(5-10(9)14)17-8-2-4-11(12(15)18)16-6-8/h1-6,17H,(H2,15,18). The summed E-state index contributed by atoms with van der Waals surface area (Å²) in [5, 5.41) is 4.16. The van der Waals surface area contributed by atoms with Gasteiger partial charge in [0.2, 0.25) is 0 Å². The average molecular weight is 298 g/mol. The molecule has 2 aromatic rings. The monoisotopic (exact) mass is 297 g/mol. The summed E-state index contributed by atoms with van der Waals surface area (Å²) in [6.07, 6.45) is 1.65. The van der Waals surface area contributed by atoms with E-state index in [9.17, 15) is 0 Å². The van der Waals surface area contributed by atoms with E-state index in [0.717, 1.165) is 11.4 Å². The van der Waals surface area contributed by atoms with Crippen LogP contribution in [0.1, 0.15) is 5.69 Å². The van der Waals surface area contributed by atoms with Crippen molar-refractivity contribution < 1.29 is 0 Å². The van der Waals surface area contributed by atoms with Crippen molar-refractivity contribution in [1.82, 2.24) is 4.98 Å². The van der Waals surface area contributed by atoms with Gasteiger partial charge >= 0.3 is 0 Å². The number of aromatic nitrogens is 1. The topological polar surface area (TPSA) is 50.9 Å². The molecule has 1 aromatic carbocycles. The number of anilines is 2. The Morgan fingerprint density at radius 1 is 1.11 bits per heavy atom. The van der Waals surface area contributed by atoms with Crippen LogP contribution in [0, 0.1) is 0 Å². The van der Waals surface area contributed by atoms with Gasteiger partial charge in [-0.25, -0.2) is 0 Å². The molecule has 0 saturated heterocycles. The summed E-state index contributed by atoms with van der Waals surface area (Å²) in [5.74, 6) is 0. The molecule has 0 saturated carbocycles. The summed E-state index contributed by atoms with van der Waals surface area (Å²) in [6.45, 7) is 0. The van der Waals surface area contributed by atoms with E-state index < -0.39 is 0 Å². The Balaban J connectivity index is 2.18. The highest BCUT2D eigenvalue weighted by Crippen LogP contribution is 2.26. The molecular weight excluding hydrogens is 289 g/mol. The first-order chi connectivity index (χ1) is 8.56. The molecule has 3 N–H and O–H groups in total. The lowest BCUT2D eigenvalue weighted by molar-refractivity contribution is 1.29. The largest absolute Gasteiger partial charge is 0.388 e. The predicted molar refractivity (Wildman–Crippen MR) is 79.9 cm³/mol. The van der Waals surface area contributed by atoms with Crippen molar-refractivity contribution in [2.24, 2.45) is 5.73 Å². The zero-order valence-electron chi connectivity index (χ0n) is 9.15. The van der Waals surface area contributed by atoms with Crippen molar-refractivity contribution in [2.45, 2.75) is 0 Å². The molecule has 0 bridgehead atoms. The van der Waals surface area contributed by atoms with E-state index >= 15 is 0 Å². The summed E-state index contributed by atoms with van der Waals surface area (Å²) in [7, 11) is 0. The summed E-state index contributed by atoms with van der Waals surface area (Å²) in [4.78, 5) is 4.40. The van der Waals surface area contributed by atoms with Gasteiger partial charge in [-0.1, -0.05) is 35.4 Å². The average Bonchev–Trinajstić information content (AvgIpc) is 2.34. The Morgan fingerprint density at radius 2 is 1.83 bits per heavy atom. The van der Waals surface area contributed by atoms with Gasteiger partial charge in [0.1, 0.15) is 4.99 Å². The number of pyridine rings is 1. The minimum Gasteiger partial charge on any atom is -0.388 e. The molecule has 1 heterocycles. The van der Waals surface area contributed by atoms with Gasteiger partial charge in [-0.2, -0.15) is 0 Å². The van der Waals surface area contributed by atoms with Crippen LogP contribution in [0.3, 0.4) is 0 Å². The maximum Gasteiger partial charge on any atom is 0.122 e. The summed E-state index contributed by atoms with van der Waals surface area (Å²) in [6, 6.07) is 8.89. The summed E-state index contributed by atoms with van der Waals surface area (Å²) in [5.41, 5.74) is 7.70. The van der Waals surface area contributed by atoms with Crippen LogP contribution in [0.2, 0.25) is 10.0 Å². The second-order valence-electron chi connectivity index (χ2n) is 3.55. The highest BCUT2D eigenvalue weighted by Gasteiger charge is 2.01. The minimum atomic E-state index is 0.274. The van der Waals surface area contributed by atoms with Crippen LogP contribution in [-0.4, -0.2) is 9.97 Å². The molecule has 0 aliphatic heterocycles. The predicted octanol–water partition coefficient (Wildman–Crippen LogP) is 3.77. The van der Waals surface area contributed by atoms with Crippen molar-refractivity contribution in [1.29, 1.82) is 0 Å². The molecule has 6 heteroatoms. The van der Waals surface area contributed by atoms with Crippen LogP contribution in [0.4, 0.5) is 11.4 Å². The van der Waals surface area contributed by atoms with E-state index in [0.29, 0.717) is 15.7 Å². The van der Waals surface area contributed by atoms with Crippen molar-refractivity contribution in [3.05, 3.63) is 52.3 Å². The lowest BCUT2D eigenvalue weighted by Gasteiger charge is -2.07. The zero-order valence-corrected chi connectivity index (χ0v) is 11.5. The van der Waals surface area contributed by atoms with E-state index in [2.05, 4.69) is 10.3 Å². The maximum absolute atomic E-state index is 5.93. The molecular formula is C12H9Cl2N3S. The van der Waals surface area contributed by atoms with Gasteiger partial charge in [-0.05, 0) is 30.3 Å². The highest BCUT2D eigenvalue weighted by molar-refractivity contribution is 7.80. The molecule has 0 spiro atoms. The Labute approximate surface area is 120 Å². The van der Waals surface area contributed by atoms with Crippen molar-refractivity contribution in [2.75, 3.05) is 5.32 Å². The number of thiocarbonyl (C=S) groups is 1. The third-order valence-corrected chi connectivity index (χ3v) is 3.17. The summed E-state index contributed by atoms with van der Waals surface area (Å²) >= 11 is 16.6. The van der Waals surface area contributed by atoms with Crippen molar-refractivity contribution in [3.8, 4) is 0 Å². The number of nitrogens with two attached hydrogens (primary N) is 1. The zero-order chi connectivity index (χ0) is 13.1. The molecule has 18 heavy (non-hydrogen) atoms. The van der Waals surface area contributed by atoms with Crippen LogP contribution in [0.5, 0.6) is 0 Å². The van der Waals surface area contributed by atoms with E-state index in [1.165, 1.54) is 0 Å². The summed E-state index contributed by atoms with van der Waals surface area (Å²) < 4.78 is 0. The van der Waals surface area contributed by atoms with Crippen LogP contribution in [0.25, 0.3) is 0 Å². The molecule has 0 aliphatic rings. The molecule has 2 rings (SSSR count). The Hall–Kier alpha value is -1.36. The van der Waals surface area contributed by atoms with Crippen molar-refractivity contribution in [3.63, 3.8) is 0 Å². The van der Waals surface area contributed by atoms with E-state index in [-0.39, 0.29) is 4.99 Å². The SMILES string of the molecule is NC(=S)c1ccc(Nc2ccc(Cl)c(Cl)c2)cn1. The molecule has 0 atom stereocenters. The van der Waals surface area contributed by atoms with Gasteiger partial charge in [0, 0.05) is 5.69 Å². The number of rotatable bonds is 3. The molecule has 0 amide bonds. The van der Waals surface area contributed by atoms with Crippen LogP contribution >= 0.6 is 35.4 Å². The fourth-order valence-electron chi connectivity index (χ4n) is 1.35. The number of nitrogens with zero attached hydrogens (tertiary/aromatic N) is 1. The van der Waals surface area contributed by atoms with Gasteiger partial charge in [-0.15, -0.1) is 0 Å². The number of nitrogens with one attached hydrogen (secondary N) is 1. The normalized spacial score (nSPS) is 10.1. The van der Waals surface area contributed by atoms with Crippen molar-refractivity contribution >= 4 is 51.8 Å². The number of halogens is 2. The second-order valence-corrected chi connectivity index (χ2v) is 4.80. The van der Waals surface area contributed by atoms with Gasteiger partial charge in [0.05, 0.1) is 27.6 Å². The fourth-order valence-corrected chi connectivity index (χ4v) is 1.77. The van der Waals surface area contributed by atoms with Gasteiger partial charge in [0.25, 0.3) is 0 Å². The molecule has 92 valence electrons. The maximum atomic E-state index is 5.93. The molecule has 0 fully saturated rings. The Bertz CT molecular complexity index is 584. The van der Waals surface area contributed by atoms with Crippen LogP contribution < -0.4 is 11.1 Å². The van der Waals surface area contributed by atoms with Gasteiger partial charge in [-0.3, -0.25) is 4.98 Å². The molecule has 0 unspecified atom stereocenters. The number of benzene rings is 1. The molecule has 1 aromatic heterocycles. The van der Waals surface area contributed by atoms with Gasteiger partial charge in [0.15, 0.2) is 0 Å². The smallest absolute Gasteiger partial charge is 0.122 e. The van der Waals surface area contributed by atoms with E-state index in [4.69, 9.17) is 41.2 Å². The van der Waals surface area contributed by atoms with E-state index in [1.54, 1.807) is 24.4 Å². The first-order valence-electron chi connectivity index (χ1n) is 5.04. The van der Waals surface area contributed by atoms with Gasteiger partial charge < -0.3 is 11.1 Å². The lowest BCUT2D eigenvalue weighted by Crippen LogP contribution is -2.11. The van der Waals surface area contributed by atoms with Crippen LogP contribution in [0.15, 0.2) is 36.5 Å². The van der Waals surface area contributed by atoms with Crippen LogP contribution in [-0.2, 0) is 0 Å². The second kappa shape index (κ2) is 5.52. The first kappa shape index (κ1) is 13.1. The van der Waals surface area contributed by atoms with E-state index in [1.807, 2.05) is 12.1 Å². The third-order valence-electron chi connectivity index (χ3n) is 2.22. The fraction of sp³-hybridized carbons (Fsp3) is 0. The number of hydrogen-bond acceptors (Lipinski definition) is 3. The first-order valence-corrected chi connectivity index (χ1v) is 6.20. The molecule has 0 aliphatic carbocycles. The number of hydrogen-bond donors (Lipinski definition) is 2. The Morgan fingerprint density at radius 3 is 2.39 bits per heavy atom. The Kier molecular flexibility index (Phi) is 4.01. The quantitative estimate of drug-likeness (QED) is 0.847. The molecule has 3 nitrogen and oxygen atoms in total. The third kappa shape index (κ3) is 3.10. The highest BCUT2D eigenvalue weighted by atomic mass is 35.5. The minimum absolute atomic E-state index is 0.274. The lowest BCUT2D eigenvalue weighted by atomic mass is 10.3. The molecule has 0 radical (unpaired) electrons.